The highest BCUT2D eigenvalue weighted by atomic mass is 16.4. The molecule has 0 spiro atoms. The molecule has 2 N–H and O–H groups in total. The van der Waals surface area contributed by atoms with Crippen LogP contribution in [0.25, 0.3) is 5.57 Å². The van der Waals surface area contributed by atoms with Gasteiger partial charge in [0.2, 0.25) is 0 Å². The molecule has 1 unspecified atom stereocenters. The molecule has 104 valence electrons. The van der Waals surface area contributed by atoms with E-state index in [1.165, 1.54) is 0 Å². The number of benzene rings is 2. The van der Waals surface area contributed by atoms with E-state index in [1.54, 1.807) is 0 Å². The minimum Gasteiger partial charge on any atom is -0.426 e. The van der Waals surface area contributed by atoms with Gasteiger partial charge in [0.15, 0.2) is 0 Å². The maximum absolute atomic E-state index is 9.91. The normalized spacial score (nSPS) is 21.0. The zero-order valence-electron chi connectivity index (χ0n) is 11.7. The van der Waals surface area contributed by atoms with Gasteiger partial charge in [0.25, 0.3) is 0 Å². The van der Waals surface area contributed by atoms with Crippen LogP contribution in [0, 0.1) is 0 Å². The minimum atomic E-state index is -1.43. The molecule has 0 bridgehead atoms. The summed E-state index contributed by atoms with van der Waals surface area (Å²) >= 11 is 0. The van der Waals surface area contributed by atoms with E-state index in [9.17, 15) is 10.0 Å². The van der Waals surface area contributed by atoms with E-state index < -0.39 is 12.4 Å². The second-order valence-electron chi connectivity index (χ2n) is 5.34. The molecule has 0 fully saturated rings. The molecule has 0 radical (unpaired) electrons. The first-order valence-electron chi connectivity index (χ1n) is 7.09. The molecule has 0 aliphatic heterocycles. The van der Waals surface area contributed by atoms with Crippen molar-refractivity contribution in [1.82, 2.24) is 0 Å². The highest BCUT2D eigenvalue weighted by Crippen LogP contribution is 2.37. The standard InChI is InChI=1S/C18H17BO2/c20-19(21)18(17-9-5-2-6-10-17)13-11-16(12-14-18)15-7-3-1-4-8-15/h1-13,20-21H,14H2. The maximum Gasteiger partial charge on any atom is 0.467 e. The first kappa shape index (κ1) is 13.9. The summed E-state index contributed by atoms with van der Waals surface area (Å²) in [4.78, 5) is 0. The third kappa shape index (κ3) is 2.58. The van der Waals surface area contributed by atoms with Gasteiger partial charge in [0.05, 0.1) is 5.31 Å². The van der Waals surface area contributed by atoms with Gasteiger partial charge in [-0.1, -0.05) is 78.9 Å². The van der Waals surface area contributed by atoms with Gasteiger partial charge >= 0.3 is 7.12 Å². The number of hydrogen-bond acceptors (Lipinski definition) is 2. The summed E-state index contributed by atoms with van der Waals surface area (Å²) < 4.78 is 0. The summed E-state index contributed by atoms with van der Waals surface area (Å²) in [6, 6.07) is 19.8. The Bertz CT molecular complexity index is 662. The number of rotatable bonds is 3. The third-order valence-electron chi connectivity index (χ3n) is 4.10. The van der Waals surface area contributed by atoms with E-state index in [1.807, 2.05) is 60.7 Å². The molecule has 2 nitrogen and oxygen atoms in total. The van der Waals surface area contributed by atoms with E-state index in [2.05, 4.69) is 18.2 Å². The zero-order valence-corrected chi connectivity index (χ0v) is 11.7. The van der Waals surface area contributed by atoms with E-state index in [0.29, 0.717) is 6.42 Å². The van der Waals surface area contributed by atoms with Gasteiger partial charge in [-0.15, -0.1) is 0 Å². The summed E-state index contributed by atoms with van der Waals surface area (Å²) in [5, 5.41) is 19.1. The summed E-state index contributed by atoms with van der Waals surface area (Å²) in [5.74, 6) is 0. The smallest absolute Gasteiger partial charge is 0.426 e. The molecule has 1 aliphatic rings. The van der Waals surface area contributed by atoms with Crippen molar-refractivity contribution in [2.45, 2.75) is 11.7 Å². The van der Waals surface area contributed by atoms with E-state index >= 15 is 0 Å². The van der Waals surface area contributed by atoms with Crippen molar-refractivity contribution >= 4 is 12.7 Å². The summed E-state index contributed by atoms with van der Waals surface area (Å²) in [6.07, 6.45) is 6.53. The molecule has 1 aliphatic carbocycles. The lowest BCUT2D eigenvalue weighted by molar-refractivity contribution is 0.363. The Morgan fingerprint density at radius 3 is 2.00 bits per heavy atom. The molecule has 0 aromatic heterocycles. The fourth-order valence-corrected chi connectivity index (χ4v) is 2.80. The Morgan fingerprint density at radius 1 is 0.857 bits per heavy atom. The minimum absolute atomic E-state index is 0.565. The second-order valence-corrected chi connectivity index (χ2v) is 5.34. The van der Waals surface area contributed by atoms with Crippen LogP contribution in [-0.4, -0.2) is 17.2 Å². The Hall–Kier alpha value is -2.10. The van der Waals surface area contributed by atoms with Gasteiger partial charge in [-0.3, -0.25) is 0 Å². The Labute approximate surface area is 125 Å². The molecule has 3 heteroatoms. The van der Waals surface area contributed by atoms with Crippen LogP contribution in [0.4, 0.5) is 0 Å². The van der Waals surface area contributed by atoms with Crippen LogP contribution in [0.15, 0.2) is 78.9 Å². The number of allylic oxidation sites excluding steroid dienone is 4. The predicted molar refractivity (Wildman–Crippen MR) is 86.5 cm³/mol. The topological polar surface area (TPSA) is 40.5 Å². The van der Waals surface area contributed by atoms with Crippen LogP contribution in [0.3, 0.4) is 0 Å². The lowest BCUT2D eigenvalue weighted by atomic mass is 9.51. The average molecular weight is 276 g/mol. The first-order chi connectivity index (χ1) is 10.2. The summed E-state index contributed by atoms with van der Waals surface area (Å²) in [6.45, 7) is 0. The third-order valence-corrected chi connectivity index (χ3v) is 4.10. The number of hydrogen-bond donors (Lipinski definition) is 2. The lowest BCUT2D eigenvalue weighted by Gasteiger charge is -2.32. The van der Waals surface area contributed by atoms with Crippen molar-refractivity contribution in [3.05, 3.63) is 90.0 Å². The van der Waals surface area contributed by atoms with Crippen molar-refractivity contribution < 1.29 is 10.0 Å². The predicted octanol–water partition coefficient (Wildman–Crippen LogP) is 2.98. The molecule has 21 heavy (non-hydrogen) atoms. The Kier molecular flexibility index (Phi) is 3.78. The van der Waals surface area contributed by atoms with Gasteiger partial charge < -0.3 is 10.0 Å². The average Bonchev–Trinajstić information content (AvgIpc) is 2.56. The van der Waals surface area contributed by atoms with Crippen LogP contribution >= 0.6 is 0 Å². The van der Waals surface area contributed by atoms with Crippen LogP contribution in [0.2, 0.25) is 0 Å². The van der Waals surface area contributed by atoms with Gasteiger partial charge in [-0.25, -0.2) is 0 Å². The molecule has 3 rings (SSSR count). The Morgan fingerprint density at radius 2 is 1.48 bits per heavy atom. The van der Waals surface area contributed by atoms with Crippen LogP contribution < -0.4 is 0 Å². The van der Waals surface area contributed by atoms with Gasteiger partial charge in [-0.2, -0.15) is 0 Å². The van der Waals surface area contributed by atoms with Crippen LogP contribution in [0.5, 0.6) is 0 Å². The van der Waals surface area contributed by atoms with Gasteiger partial charge in [0, 0.05) is 0 Å². The zero-order chi connectivity index (χ0) is 14.7. The molecule has 0 amide bonds. The first-order valence-corrected chi connectivity index (χ1v) is 7.09. The molecule has 0 saturated heterocycles. The molecule has 2 aromatic carbocycles. The molecule has 0 saturated carbocycles. The van der Waals surface area contributed by atoms with Crippen molar-refractivity contribution in [3.63, 3.8) is 0 Å². The Balaban J connectivity index is 1.95. The van der Waals surface area contributed by atoms with Crippen LogP contribution in [0.1, 0.15) is 17.5 Å². The molecular formula is C18H17BO2. The van der Waals surface area contributed by atoms with Crippen molar-refractivity contribution in [3.8, 4) is 0 Å². The molecule has 2 aromatic rings. The maximum atomic E-state index is 9.91. The molecule has 1 atom stereocenters. The monoisotopic (exact) mass is 276 g/mol. The fourth-order valence-electron chi connectivity index (χ4n) is 2.80. The van der Waals surface area contributed by atoms with E-state index in [0.717, 1.165) is 16.7 Å². The largest absolute Gasteiger partial charge is 0.467 e. The highest BCUT2D eigenvalue weighted by Gasteiger charge is 2.41. The van der Waals surface area contributed by atoms with E-state index in [4.69, 9.17) is 0 Å². The molecular weight excluding hydrogens is 259 g/mol. The highest BCUT2D eigenvalue weighted by molar-refractivity contribution is 6.46. The van der Waals surface area contributed by atoms with Crippen LogP contribution in [-0.2, 0) is 5.31 Å². The molecule has 0 heterocycles. The van der Waals surface area contributed by atoms with Gasteiger partial charge in [0.1, 0.15) is 0 Å². The van der Waals surface area contributed by atoms with Crippen molar-refractivity contribution in [2.24, 2.45) is 0 Å². The van der Waals surface area contributed by atoms with Crippen molar-refractivity contribution in [1.29, 1.82) is 0 Å². The van der Waals surface area contributed by atoms with Crippen molar-refractivity contribution in [2.75, 3.05) is 0 Å². The summed E-state index contributed by atoms with van der Waals surface area (Å²) in [5.41, 5.74) is 3.17. The summed E-state index contributed by atoms with van der Waals surface area (Å²) in [7, 11) is -1.43. The van der Waals surface area contributed by atoms with E-state index in [-0.39, 0.29) is 0 Å². The second kappa shape index (κ2) is 5.72. The fraction of sp³-hybridized carbons (Fsp3) is 0.111. The quantitative estimate of drug-likeness (QED) is 0.846. The van der Waals surface area contributed by atoms with Gasteiger partial charge in [-0.05, 0) is 23.1 Å². The SMILES string of the molecule is OB(O)C1(c2ccccc2)C=CC(c2ccccc2)=CC1. The lowest BCUT2D eigenvalue weighted by Crippen LogP contribution is -2.42.